The molecule has 0 amide bonds. The minimum Gasteiger partial charge on any atom is -0.497 e. The molecule has 0 aliphatic carbocycles. The molecule has 4 rings (SSSR count). The first-order valence-corrected chi connectivity index (χ1v) is 9.48. The van der Waals surface area contributed by atoms with Crippen molar-refractivity contribution in [1.29, 1.82) is 0 Å². The van der Waals surface area contributed by atoms with Crippen LogP contribution in [0.4, 0.5) is 0 Å². The van der Waals surface area contributed by atoms with Gasteiger partial charge in [0.1, 0.15) is 5.75 Å². The SMILES string of the molecule is COc1ccc(Cn2c(C)c(C)c3ccnc(C=Cc4ccccc4)c32)cc1. The summed E-state index contributed by atoms with van der Waals surface area (Å²) in [6.45, 7) is 5.18. The standard InChI is InChI=1S/C25H24N2O/c1-18-19(2)27(17-21-9-12-22(28-3)13-10-21)25-23(18)15-16-26-24(25)14-11-20-7-5-4-6-8-20/h4-16H,17H2,1-3H3. The molecule has 0 saturated carbocycles. The molecule has 28 heavy (non-hydrogen) atoms. The van der Waals surface area contributed by atoms with Crippen LogP contribution in [0.15, 0.2) is 66.9 Å². The number of hydrogen-bond donors (Lipinski definition) is 0. The second-order valence-electron chi connectivity index (χ2n) is 6.98. The van der Waals surface area contributed by atoms with Gasteiger partial charge >= 0.3 is 0 Å². The summed E-state index contributed by atoms with van der Waals surface area (Å²) in [5.41, 5.74) is 7.16. The molecule has 140 valence electrons. The van der Waals surface area contributed by atoms with Crippen LogP contribution in [0.1, 0.15) is 28.1 Å². The summed E-state index contributed by atoms with van der Waals surface area (Å²) < 4.78 is 7.65. The van der Waals surface area contributed by atoms with Crippen LogP contribution in [0.3, 0.4) is 0 Å². The molecule has 0 fully saturated rings. The topological polar surface area (TPSA) is 27.1 Å². The van der Waals surface area contributed by atoms with Gasteiger partial charge in [0.2, 0.25) is 0 Å². The van der Waals surface area contributed by atoms with Gasteiger partial charge in [0, 0.05) is 23.8 Å². The highest BCUT2D eigenvalue weighted by atomic mass is 16.5. The lowest BCUT2D eigenvalue weighted by atomic mass is 10.1. The van der Waals surface area contributed by atoms with Gasteiger partial charge in [-0.05, 0) is 54.8 Å². The van der Waals surface area contributed by atoms with Crippen molar-refractivity contribution in [1.82, 2.24) is 9.55 Å². The molecule has 3 nitrogen and oxygen atoms in total. The van der Waals surface area contributed by atoms with E-state index < -0.39 is 0 Å². The van der Waals surface area contributed by atoms with Crippen LogP contribution in [-0.4, -0.2) is 16.7 Å². The number of ether oxygens (including phenoxy) is 1. The van der Waals surface area contributed by atoms with E-state index in [9.17, 15) is 0 Å². The summed E-state index contributed by atoms with van der Waals surface area (Å²) in [4.78, 5) is 4.68. The second kappa shape index (κ2) is 7.73. The van der Waals surface area contributed by atoms with E-state index in [0.717, 1.165) is 18.0 Å². The lowest BCUT2D eigenvalue weighted by Gasteiger charge is -2.11. The van der Waals surface area contributed by atoms with E-state index in [0.29, 0.717) is 0 Å². The first-order valence-electron chi connectivity index (χ1n) is 9.48. The predicted molar refractivity (Wildman–Crippen MR) is 117 cm³/mol. The average Bonchev–Trinajstić information content (AvgIpc) is 2.99. The third kappa shape index (κ3) is 3.44. The highest BCUT2D eigenvalue weighted by molar-refractivity contribution is 5.92. The molecule has 2 heterocycles. The average molecular weight is 368 g/mol. The number of benzene rings is 2. The Bertz CT molecular complexity index is 1120. The molecule has 0 spiro atoms. The van der Waals surface area contributed by atoms with E-state index in [1.807, 2.05) is 36.5 Å². The maximum atomic E-state index is 5.28. The van der Waals surface area contributed by atoms with Crippen LogP contribution in [0, 0.1) is 13.8 Å². The Labute approximate surface area is 165 Å². The van der Waals surface area contributed by atoms with Gasteiger partial charge in [-0.15, -0.1) is 0 Å². The fourth-order valence-electron chi connectivity index (χ4n) is 3.59. The lowest BCUT2D eigenvalue weighted by Crippen LogP contribution is -2.03. The maximum Gasteiger partial charge on any atom is 0.118 e. The van der Waals surface area contributed by atoms with Gasteiger partial charge in [-0.3, -0.25) is 4.98 Å². The van der Waals surface area contributed by atoms with Crippen molar-refractivity contribution in [3.05, 3.63) is 94.9 Å². The molecule has 0 N–H and O–H groups in total. The first-order chi connectivity index (χ1) is 13.7. The van der Waals surface area contributed by atoms with Crippen molar-refractivity contribution in [3.63, 3.8) is 0 Å². The van der Waals surface area contributed by atoms with Gasteiger partial charge in [0.15, 0.2) is 0 Å². The van der Waals surface area contributed by atoms with E-state index in [-0.39, 0.29) is 0 Å². The van der Waals surface area contributed by atoms with Crippen LogP contribution < -0.4 is 4.74 Å². The summed E-state index contributed by atoms with van der Waals surface area (Å²) in [7, 11) is 1.69. The van der Waals surface area contributed by atoms with E-state index >= 15 is 0 Å². The number of aromatic nitrogens is 2. The Balaban J connectivity index is 1.79. The number of aryl methyl sites for hydroxylation is 1. The van der Waals surface area contributed by atoms with Crippen molar-refractivity contribution in [2.45, 2.75) is 20.4 Å². The predicted octanol–water partition coefficient (Wildman–Crippen LogP) is 5.88. The monoisotopic (exact) mass is 368 g/mol. The molecule has 0 aliphatic rings. The summed E-state index contributed by atoms with van der Waals surface area (Å²) >= 11 is 0. The molecule has 0 radical (unpaired) electrons. The molecular weight excluding hydrogens is 344 g/mol. The van der Waals surface area contributed by atoms with E-state index in [1.165, 1.54) is 33.3 Å². The lowest BCUT2D eigenvalue weighted by molar-refractivity contribution is 0.414. The fourth-order valence-corrected chi connectivity index (χ4v) is 3.59. The van der Waals surface area contributed by atoms with Crippen molar-refractivity contribution in [2.24, 2.45) is 0 Å². The summed E-state index contributed by atoms with van der Waals surface area (Å²) in [5, 5.41) is 1.26. The Morgan fingerprint density at radius 3 is 2.39 bits per heavy atom. The van der Waals surface area contributed by atoms with Crippen LogP contribution in [0.2, 0.25) is 0 Å². The van der Waals surface area contributed by atoms with Crippen molar-refractivity contribution >= 4 is 23.1 Å². The number of rotatable bonds is 5. The van der Waals surface area contributed by atoms with Gasteiger partial charge in [0.05, 0.1) is 18.3 Å². The largest absolute Gasteiger partial charge is 0.497 e. The molecular formula is C25H24N2O. The third-order valence-electron chi connectivity index (χ3n) is 5.31. The number of methoxy groups -OCH3 is 1. The van der Waals surface area contributed by atoms with E-state index in [2.05, 4.69) is 65.9 Å². The molecule has 0 atom stereocenters. The quantitative estimate of drug-likeness (QED) is 0.440. The minimum absolute atomic E-state index is 0.804. The molecule has 0 bridgehead atoms. The van der Waals surface area contributed by atoms with Crippen molar-refractivity contribution < 1.29 is 4.74 Å². The van der Waals surface area contributed by atoms with Crippen LogP contribution in [-0.2, 0) is 6.54 Å². The fraction of sp³-hybridized carbons (Fsp3) is 0.160. The normalized spacial score (nSPS) is 11.4. The molecule has 0 aliphatic heterocycles. The van der Waals surface area contributed by atoms with Crippen LogP contribution >= 0.6 is 0 Å². The minimum atomic E-state index is 0.804. The van der Waals surface area contributed by atoms with Crippen LogP contribution in [0.25, 0.3) is 23.1 Å². The highest BCUT2D eigenvalue weighted by Gasteiger charge is 2.14. The zero-order chi connectivity index (χ0) is 19.5. The number of nitrogens with zero attached hydrogens (tertiary/aromatic N) is 2. The van der Waals surface area contributed by atoms with Gasteiger partial charge in [-0.1, -0.05) is 48.5 Å². The maximum absolute atomic E-state index is 5.28. The summed E-state index contributed by atoms with van der Waals surface area (Å²) in [6.07, 6.45) is 6.13. The Morgan fingerprint density at radius 1 is 0.929 bits per heavy atom. The molecule has 4 aromatic rings. The van der Waals surface area contributed by atoms with Crippen LogP contribution in [0.5, 0.6) is 5.75 Å². The highest BCUT2D eigenvalue weighted by Crippen LogP contribution is 2.29. The zero-order valence-electron chi connectivity index (χ0n) is 16.5. The van der Waals surface area contributed by atoms with E-state index in [1.54, 1.807) is 7.11 Å². The summed E-state index contributed by atoms with van der Waals surface area (Å²) in [5.74, 6) is 0.877. The first kappa shape index (κ1) is 18.1. The molecule has 2 aromatic carbocycles. The van der Waals surface area contributed by atoms with Gasteiger partial charge in [0.25, 0.3) is 0 Å². The number of pyridine rings is 1. The molecule has 2 aromatic heterocycles. The number of fused-ring (bicyclic) bond motifs is 1. The Kier molecular flexibility index (Phi) is 4.98. The van der Waals surface area contributed by atoms with E-state index in [4.69, 9.17) is 4.74 Å². The van der Waals surface area contributed by atoms with Crippen molar-refractivity contribution in [3.8, 4) is 5.75 Å². The molecule has 0 unspecified atom stereocenters. The van der Waals surface area contributed by atoms with Gasteiger partial charge < -0.3 is 9.30 Å². The van der Waals surface area contributed by atoms with Crippen molar-refractivity contribution in [2.75, 3.05) is 7.11 Å². The summed E-state index contributed by atoms with van der Waals surface area (Å²) in [6, 6.07) is 20.7. The van der Waals surface area contributed by atoms with Gasteiger partial charge in [-0.25, -0.2) is 0 Å². The Hall–Kier alpha value is -3.33. The smallest absolute Gasteiger partial charge is 0.118 e. The number of hydrogen-bond acceptors (Lipinski definition) is 2. The Morgan fingerprint density at radius 2 is 1.68 bits per heavy atom. The second-order valence-corrected chi connectivity index (χ2v) is 6.98. The van der Waals surface area contributed by atoms with Gasteiger partial charge in [-0.2, -0.15) is 0 Å². The molecule has 3 heteroatoms. The molecule has 0 saturated heterocycles. The third-order valence-corrected chi connectivity index (χ3v) is 5.31. The zero-order valence-corrected chi connectivity index (χ0v) is 16.5.